The maximum Gasteiger partial charge on any atom is 0.122 e. The lowest BCUT2D eigenvalue weighted by Crippen LogP contribution is -1.93. The first-order valence-electron chi connectivity index (χ1n) is 4.86. The number of rotatable bonds is 2. The first kappa shape index (κ1) is 11.3. The number of ether oxygens (including phenoxy) is 1. The zero-order valence-electron chi connectivity index (χ0n) is 9.59. The molecule has 2 nitrogen and oxygen atoms in total. The van der Waals surface area contributed by atoms with Gasteiger partial charge >= 0.3 is 0 Å². The quantitative estimate of drug-likeness (QED) is 0.688. The van der Waals surface area contributed by atoms with Gasteiger partial charge in [0, 0.05) is 0 Å². The van der Waals surface area contributed by atoms with E-state index in [1.165, 1.54) is 0 Å². The summed E-state index contributed by atoms with van der Waals surface area (Å²) in [6, 6.07) is 6.15. The van der Waals surface area contributed by atoms with E-state index in [-0.39, 0.29) is 0 Å². The van der Waals surface area contributed by atoms with Gasteiger partial charge in [-0.3, -0.25) is 0 Å². The van der Waals surface area contributed by atoms with Crippen LogP contribution in [0.15, 0.2) is 18.2 Å². The molecule has 0 N–H and O–H groups in total. The largest absolute Gasteiger partial charge is 0.496 e. The molecule has 0 saturated carbocycles. The van der Waals surface area contributed by atoms with Gasteiger partial charge in [-0.2, -0.15) is 5.26 Å². The Morgan fingerprint density at radius 1 is 1.33 bits per heavy atom. The first-order chi connectivity index (χ1) is 7.13. The summed E-state index contributed by atoms with van der Waals surface area (Å²) in [6.07, 6.45) is 1.83. The fourth-order valence-electron chi connectivity index (χ4n) is 1.58. The van der Waals surface area contributed by atoms with Crippen molar-refractivity contribution >= 4 is 5.57 Å². The third-order valence-electron chi connectivity index (χ3n) is 2.44. The molecule has 2 heteroatoms. The highest BCUT2D eigenvalue weighted by Crippen LogP contribution is 2.26. The average molecular weight is 201 g/mol. The number of methoxy groups -OCH3 is 1. The summed E-state index contributed by atoms with van der Waals surface area (Å²) in [4.78, 5) is 0. The molecule has 0 spiro atoms. The summed E-state index contributed by atoms with van der Waals surface area (Å²) in [5.74, 6) is 0.865. The molecule has 0 fully saturated rings. The molecule has 0 unspecified atom stereocenters. The highest BCUT2D eigenvalue weighted by atomic mass is 16.5. The molecule has 0 saturated heterocycles. The summed E-state index contributed by atoms with van der Waals surface area (Å²) < 4.78 is 5.23. The Bertz CT molecular complexity index is 439. The Hall–Kier alpha value is -1.75. The number of aryl methyl sites for hydroxylation is 2. The molecule has 0 aromatic heterocycles. The number of nitrogens with zero attached hydrogens (tertiary/aromatic N) is 1. The summed E-state index contributed by atoms with van der Waals surface area (Å²) in [6.45, 7) is 5.84. The van der Waals surface area contributed by atoms with Gasteiger partial charge in [0.15, 0.2) is 0 Å². The van der Waals surface area contributed by atoms with Gasteiger partial charge < -0.3 is 4.74 Å². The predicted octanol–water partition coefficient (Wildman–Crippen LogP) is 3.24. The third-order valence-corrected chi connectivity index (χ3v) is 2.44. The number of nitriles is 1. The van der Waals surface area contributed by atoms with Crippen molar-refractivity contribution in [2.24, 2.45) is 0 Å². The van der Waals surface area contributed by atoms with E-state index in [9.17, 15) is 0 Å². The van der Waals surface area contributed by atoms with Crippen LogP contribution in [-0.4, -0.2) is 7.11 Å². The van der Waals surface area contributed by atoms with Crippen molar-refractivity contribution in [3.8, 4) is 11.8 Å². The van der Waals surface area contributed by atoms with Crippen LogP contribution in [-0.2, 0) is 0 Å². The van der Waals surface area contributed by atoms with E-state index >= 15 is 0 Å². The number of allylic oxidation sites excluding steroid dienone is 2. The Morgan fingerprint density at radius 3 is 2.47 bits per heavy atom. The van der Waals surface area contributed by atoms with Crippen LogP contribution < -0.4 is 4.74 Å². The summed E-state index contributed by atoms with van der Waals surface area (Å²) in [5, 5.41) is 8.97. The van der Waals surface area contributed by atoms with Crippen molar-refractivity contribution < 1.29 is 4.74 Å². The van der Waals surface area contributed by atoms with Gasteiger partial charge in [-0.1, -0.05) is 6.08 Å². The van der Waals surface area contributed by atoms with Crippen LogP contribution in [0, 0.1) is 25.2 Å². The second-order valence-electron chi connectivity index (χ2n) is 3.45. The molecule has 15 heavy (non-hydrogen) atoms. The van der Waals surface area contributed by atoms with E-state index in [1.807, 2.05) is 39.0 Å². The molecule has 1 aromatic carbocycles. The van der Waals surface area contributed by atoms with Crippen LogP contribution in [0.1, 0.15) is 23.6 Å². The van der Waals surface area contributed by atoms with Crippen LogP contribution >= 0.6 is 0 Å². The monoisotopic (exact) mass is 201 g/mol. The standard InChI is InChI=1S/C13H15NO/c1-5-11(8-14)12-6-10(3)13(15-4)7-9(12)2/h5-7H,1-4H3/b11-5+. The van der Waals surface area contributed by atoms with Crippen molar-refractivity contribution in [3.63, 3.8) is 0 Å². The normalized spacial score (nSPS) is 11.0. The van der Waals surface area contributed by atoms with Crippen LogP contribution in [0.2, 0.25) is 0 Å². The zero-order chi connectivity index (χ0) is 11.4. The van der Waals surface area contributed by atoms with Crippen molar-refractivity contribution in [1.29, 1.82) is 5.26 Å². The first-order valence-corrected chi connectivity index (χ1v) is 4.86. The molecule has 0 aliphatic rings. The summed E-state index contributed by atoms with van der Waals surface area (Å²) in [5.41, 5.74) is 3.80. The minimum absolute atomic E-state index is 0.707. The van der Waals surface area contributed by atoms with Crippen molar-refractivity contribution in [2.75, 3.05) is 7.11 Å². The second-order valence-corrected chi connectivity index (χ2v) is 3.45. The summed E-state index contributed by atoms with van der Waals surface area (Å²) >= 11 is 0. The van der Waals surface area contributed by atoms with Crippen LogP contribution in [0.3, 0.4) is 0 Å². The SMILES string of the molecule is C/C=C(\C#N)c1cc(C)c(OC)cc1C. The van der Waals surface area contributed by atoms with E-state index in [0.29, 0.717) is 5.57 Å². The molecule has 0 amide bonds. The van der Waals surface area contributed by atoms with Gasteiger partial charge in [0.25, 0.3) is 0 Å². The van der Waals surface area contributed by atoms with Gasteiger partial charge in [-0.15, -0.1) is 0 Å². The molecule has 0 radical (unpaired) electrons. The van der Waals surface area contributed by atoms with Gasteiger partial charge in [0.2, 0.25) is 0 Å². The Labute approximate surface area is 90.8 Å². The topological polar surface area (TPSA) is 33.0 Å². The highest BCUT2D eigenvalue weighted by Gasteiger charge is 2.07. The van der Waals surface area contributed by atoms with Crippen molar-refractivity contribution in [1.82, 2.24) is 0 Å². The molecule has 0 atom stereocenters. The fourth-order valence-corrected chi connectivity index (χ4v) is 1.58. The third kappa shape index (κ3) is 2.19. The maximum atomic E-state index is 8.97. The number of hydrogen-bond acceptors (Lipinski definition) is 2. The van der Waals surface area contributed by atoms with E-state index < -0.39 is 0 Å². The molecule has 0 aliphatic carbocycles. The lowest BCUT2D eigenvalue weighted by molar-refractivity contribution is 0.411. The van der Waals surface area contributed by atoms with Crippen molar-refractivity contribution in [2.45, 2.75) is 20.8 Å². The lowest BCUT2D eigenvalue weighted by atomic mass is 9.98. The highest BCUT2D eigenvalue weighted by molar-refractivity contribution is 5.79. The van der Waals surface area contributed by atoms with Crippen molar-refractivity contribution in [3.05, 3.63) is 34.9 Å². The lowest BCUT2D eigenvalue weighted by Gasteiger charge is -2.10. The smallest absolute Gasteiger partial charge is 0.122 e. The van der Waals surface area contributed by atoms with Gasteiger partial charge in [0.05, 0.1) is 18.8 Å². The molecular weight excluding hydrogens is 186 g/mol. The van der Waals surface area contributed by atoms with E-state index in [1.54, 1.807) is 7.11 Å². The molecule has 1 aromatic rings. The van der Waals surface area contributed by atoms with E-state index in [0.717, 1.165) is 22.4 Å². The van der Waals surface area contributed by atoms with Gasteiger partial charge in [-0.25, -0.2) is 0 Å². The molecule has 1 rings (SSSR count). The molecular formula is C13H15NO. The zero-order valence-corrected chi connectivity index (χ0v) is 9.59. The average Bonchev–Trinajstić information content (AvgIpc) is 2.24. The fraction of sp³-hybridized carbons (Fsp3) is 0.308. The van der Waals surface area contributed by atoms with Gasteiger partial charge in [0.1, 0.15) is 5.75 Å². The Balaban J connectivity index is 3.35. The number of benzene rings is 1. The Morgan fingerprint density at radius 2 is 2.00 bits per heavy atom. The van der Waals surface area contributed by atoms with Crippen LogP contribution in [0.5, 0.6) is 5.75 Å². The molecule has 0 heterocycles. The van der Waals surface area contributed by atoms with E-state index in [2.05, 4.69) is 6.07 Å². The maximum absolute atomic E-state index is 8.97. The summed E-state index contributed by atoms with van der Waals surface area (Å²) in [7, 11) is 1.66. The van der Waals surface area contributed by atoms with Gasteiger partial charge in [-0.05, 0) is 49.6 Å². The molecule has 0 aliphatic heterocycles. The van der Waals surface area contributed by atoms with Crippen LogP contribution in [0.25, 0.3) is 5.57 Å². The number of hydrogen-bond donors (Lipinski definition) is 0. The van der Waals surface area contributed by atoms with Crippen LogP contribution in [0.4, 0.5) is 0 Å². The second kappa shape index (κ2) is 4.65. The predicted molar refractivity (Wildman–Crippen MR) is 61.7 cm³/mol. The minimum atomic E-state index is 0.707. The Kier molecular flexibility index (Phi) is 3.51. The minimum Gasteiger partial charge on any atom is -0.496 e. The van der Waals surface area contributed by atoms with E-state index in [4.69, 9.17) is 10.00 Å². The molecule has 0 bridgehead atoms. The molecule has 78 valence electrons.